The van der Waals surface area contributed by atoms with Crippen LogP contribution < -0.4 is 5.32 Å². The molecule has 3 heterocycles. The molecule has 0 aromatic heterocycles. The van der Waals surface area contributed by atoms with Gasteiger partial charge < -0.3 is 19.9 Å². The van der Waals surface area contributed by atoms with Crippen molar-refractivity contribution in [3.63, 3.8) is 0 Å². The molecule has 24 heavy (non-hydrogen) atoms. The van der Waals surface area contributed by atoms with Crippen LogP contribution in [0.15, 0.2) is 0 Å². The molecule has 3 aliphatic rings. The van der Waals surface area contributed by atoms with Gasteiger partial charge in [-0.25, -0.2) is 0 Å². The number of nitrogens with zero attached hydrogens (tertiary/aromatic N) is 3. The second kappa shape index (κ2) is 7.80. The fraction of sp³-hybridized carbons (Fsp3) is 0.882. The summed E-state index contributed by atoms with van der Waals surface area (Å²) in [6.07, 6.45) is 2.16. The fourth-order valence-electron chi connectivity index (χ4n) is 3.89. The van der Waals surface area contributed by atoms with Crippen molar-refractivity contribution in [1.29, 1.82) is 0 Å². The second-order valence-electron chi connectivity index (χ2n) is 7.08. The highest BCUT2D eigenvalue weighted by Crippen LogP contribution is 2.15. The highest BCUT2D eigenvalue weighted by molar-refractivity contribution is 5.83. The lowest BCUT2D eigenvalue weighted by atomic mass is 10.1. The van der Waals surface area contributed by atoms with E-state index in [-0.39, 0.29) is 30.0 Å². The Kier molecular flexibility index (Phi) is 5.73. The Hall–Kier alpha value is -1.18. The lowest BCUT2D eigenvalue weighted by Gasteiger charge is -2.40. The Bertz CT molecular complexity index is 459. The first-order chi connectivity index (χ1) is 11.6. The molecular weight excluding hydrogens is 308 g/mol. The molecule has 0 aliphatic carbocycles. The van der Waals surface area contributed by atoms with Crippen LogP contribution in [0.3, 0.4) is 0 Å². The summed E-state index contributed by atoms with van der Waals surface area (Å²) in [5, 5.41) is 3.26. The molecule has 7 nitrogen and oxygen atoms in total. The third kappa shape index (κ3) is 3.73. The molecule has 0 radical (unpaired) electrons. The molecule has 3 saturated heterocycles. The molecule has 0 aromatic rings. The molecule has 136 valence electrons. The highest BCUT2D eigenvalue weighted by atomic mass is 16.5. The lowest BCUT2D eigenvalue weighted by Crippen LogP contribution is -2.61. The largest absolute Gasteiger partial charge is 0.375 e. The molecule has 7 heteroatoms. The number of carbonyl (C=O) groups excluding carboxylic acids is 2. The van der Waals surface area contributed by atoms with Crippen LogP contribution in [-0.2, 0) is 14.3 Å². The molecule has 0 spiro atoms. The number of rotatable bonds is 3. The number of hydrogen-bond donors (Lipinski definition) is 1. The number of likely N-dealkylation sites (tertiary alicyclic amines) is 1. The summed E-state index contributed by atoms with van der Waals surface area (Å²) in [5.74, 6) is 0.364. The molecule has 2 amide bonds. The molecule has 1 N–H and O–H groups in total. The molecule has 0 aromatic carbocycles. The number of morpholine rings is 1. The van der Waals surface area contributed by atoms with Crippen molar-refractivity contribution in [3.8, 4) is 0 Å². The van der Waals surface area contributed by atoms with E-state index in [4.69, 9.17) is 4.74 Å². The van der Waals surface area contributed by atoms with Crippen molar-refractivity contribution in [1.82, 2.24) is 20.0 Å². The van der Waals surface area contributed by atoms with Crippen LogP contribution in [0.4, 0.5) is 0 Å². The standard InChI is InChI=1S/C17H30N4O3/c1-13(16(22)20-6-3-4-7-20)19-8-10-21(11-9-19)17(23)15-14(2)24-12-5-18-15/h13-15,18H,3-12H2,1-2H3/t13?,14-,15+/m1/s1. The van der Waals surface area contributed by atoms with Crippen molar-refractivity contribution < 1.29 is 14.3 Å². The van der Waals surface area contributed by atoms with Gasteiger partial charge in [-0.3, -0.25) is 14.5 Å². The summed E-state index contributed by atoms with van der Waals surface area (Å²) >= 11 is 0. The van der Waals surface area contributed by atoms with Crippen molar-refractivity contribution in [2.75, 3.05) is 52.4 Å². The van der Waals surface area contributed by atoms with Gasteiger partial charge in [-0.15, -0.1) is 0 Å². The lowest BCUT2D eigenvalue weighted by molar-refractivity contribution is -0.142. The van der Waals surface area contributed by atoms with Crippen LogP contribution in [-0.4, -0.2) is 97.1 Å². The van der Waals surface area contributed by atoms with E-state index in [2.05, 4.69) is 10.2 Å². The van der Waals surface area contributed by atoms with E-state index < -0.39 is 0 Å². The normalized spacial score (nSPS) is 30.4. The van der Waals surface area contributed by atoms with Gasteiger partial charge in [-0.05, 0) is 26.7 Å². The minimum absolute atomic E-state index is 0.0834. The smallest absolute Gasteiger partial charge is 0.242 e. The van der Waals surface area contributed by atoms with Gasteiger partial charge in [-0.1, -0.05) is 0 Å². The Labute approximate surface area is 144 Å². The predicted octanol–water partition coefficient (Wildman–Crippen LogP) is -0.482. The molecule has 3 atom stereocenters. The van der Waals surface area contributed by atoms with Gasteiger partial charge in [0.1, 0.15) is 6.04 Å². The second-order valence-corrected chi connectivity index (χ2v) is 7.08. The summed E-state index contributed by atoms with van der Waals surface area (Å²) in [5.41, 5.74) is 0. The van der Waals surface area contributed by atoms with Crippen LogP contribution in [0.25, 0.3) is 0 Å². The van der Waals surface area contributed by atoms with Crippen LogP contribution in [0.2, 0.25) is 0 Å². The number of hydrogen-bond acceptors (Lipinski definition) is 5. The minimum atomic E-state index is -0.242. The van der Waals surface area contributed by atoms with Gasteiger partial charge in [0.05, 0.1) is 18.8 Å². The first kappa shape index (κ1) is 17.6. The van der Waals surface area contributed by atoms with E-state index in [0.717, 1.165) is 45.6 Å². The molecule has 3 fully saturated rings. The predicted molar refractivity (Wildman–Crippen MR) is 90.6 cm³/mol. The van der Waals surface area contributed by atoms with Gasteiger partial charge in [0, 0.05) is 45.8 Å². The number of amides is 2. The summed E-state index contributed by atoms with van der Waals surface area (Å²) in [6.45, 7) is 10.0. The SMILES string of the molecule is CC(C(=O)N1CCCC1)N1CCN(C(=O)[C@H]2NCCO[C@@H]2C)CC1. The summed E-state index contributed by atoms with van der Waals surface area (Å²) in [7, 11) is 0. The number of ether oxygens (including phenoxy) is 1. The fourth-order valence-corrected chi connectivity index (χ4v) is 3.89. The van der Waals surface area contributed by atoms with Gasteiger partial charge >= 0.3 is 0 Å². The average molecular weight is 338 g/mol. The molecule has 3 rings (SSSR count). The molecule has 1 unspecified atom stereocenters. The third-order valence-electron chi connectivity index (χ3n) is 5.53. The number of piperazine rings is 1. The van der Waals surface area contributed by atoms with Crippen LogP contribution in [0, 0.1) is 0 Å². The van der Waals surface area contributed by atoms with Gasteiger partial charge in [0.25, 0.3) is 0 Å². The van der Waals surface area contributed by atoms with E-state index in [0.29, 0.717) is 19.7 Å². The minimum Gasteiger partial charge on any atom is -0.375 e. The monoisotopic (exact) mass is 338 g/mol. The van der Waals surface area contributed by atoms with Crippen molar-refractivity contribution in [3.05, 3.63) is 0 Å². The Morgan fingerprint density at radius 3 is 2.33 bits per heavy atom. The summed E-state index contributed by atoms with van der Waals surface area (Å²) in [4.78, 5) is 31.3. The zero-order valence-corrected chi connectivity index (χ0v) is 14.9. The maximum Gasteiger partial charge on any atom is 0.242 e. The van der Waals surface area contributed by atoms with E-state index in [9.17, 15) is 9.59 Å². The van der Waals surface area contributed by atoms with Crippen LogP contribution in [0.1, 0.15) is 26.7 Å². The summed E-state index contributed by atoms with van der Waals surface area (Å²) < 4.78 is 5.58. The number of nitrogens with one attached hydrogen (secondary N) is 1. The van der Waals surface area contributed by atoms with E-state index in [1.54, 1.807) is 0 Å². The van der Waals surface area contributed by atoms with Crippen molar-refractivity contribution in [2.24, 2.45) is 0 Å². The van der Waals surface area contributed by atoms with E-state index in [1.165, 1.54) is 0 Å². The topological polar surface area (TPSA) is 65.1 Å². The Balaban J connectivity index is 1.49. The van der Waals surface area contributed by atoms with Crippen LogP contribution in [0.5, 0.6) is 0 Å². The maximum absolute atomic E-state index is 12.7. The van der Waals surface area contributed by atoms with Gasteiger partial charge in [-0.2, -0.15) is 0 Å². The quantitative estimate of drug-likeness (QED) is 0.753. The van der Waals surface area contributed by atoms with Crippen molar-refractivity contribution in [2.45, 2.75) is 44.9 Å². The molecular formula is C17H30N4O3. The first-order valence-corrected chi connectivity index (χ1v) is 9.24. The zero-order chi connectivity index (χ0) is 17.1. The Morgan fingerprint density at radius 1 is 1.04 bits per heavy atom. The first-order valence-electron chi connectivity index (χ1n) is 9.24. The van der Waals surface area contributed by atoms with Gasteiger partial charge in [0.2, 0.25) is 11.8 Å². The highest BCUT2D eigenvalue weighted by Gasteiger charge is 2.35. The van der Waals surface area contributed by atoms with Crippen LogP contribution >= 0.6 is 0 Å². The third-order valence-corrected chi connectivity index (χ3v) is 5.53. The molecule has 0 saturated carbocycles. The molecule has 0 bridgehead atoms. The van der Waals surface area contributed by atoms with Crippen molar-refractivity contribution >= 4 is 11.8 Å². The van der Waals surface area contributed by atoms with E-state index >= 15 is 0 Å². The average Bonchev–Trinajstić information content (AvgIpc) is 3.15. The zero-order valence-electron chi connectivity index (χ0n) is 14.9. The molecule has 3 aliphatic heterocycles. The number of carbonyl (C=O) groups is 2. The van der Waals surface area contributed by atoms with Gasteiger partial charge in [0.15, 0.2) is 0 Å². The summed E-state index contributed by atoms with van der Waals surface area (Å²) in [6, 6.07) is -0.329. The Morgan fingerprint density at radius 2 is 1.71 bits per heavy atom. The van der Waals surface area contributed by atoms with E-state index in [1.807, 2.05) is 23.6 Å². The maximum atomic E-state index is 12.7.